The largest absolute Gasteiger partial charge is 0.494 e. The molecule has 0 radical (unpaired) electrons. The first-order valence-corrected chi connectivity index (χ1v) is 11.4. The molecule has 0 heterocycles. The van der Waals surface area contributed by atoms with Gasteiger partial charge in [0.2, 0.25) is 0 Å². The lowest BCUT2D eigenvalue weighted by Crippen LogP contribution is -2.20. The number of aliphatic imine (C=N–C) groups is 1. The van der Waals surface area contributed by atoms with Gasteiger partial charge in [-0.3, -0.25) is 9.79 Å². The Balaban J connectivity index is 1.54. The minimum Gasteiger partial charge on any atom is -0.494 e. The van der Waals surface area contributed by atoms with Crippen LogP contribution in [-0.4, -0.2) is 25.3 Å². The van der Waals surface area contributed by atoms with Gasteiger partial charge in [-0.05, 0) is 72.6 Å². The lowest BCUT2D eigenvalue weighted by molar-refractivity contribution is -0.118. The number of carbonyl (C=O) groups is 1. The van der Waals surface area contributed by atoms with E-state index in [0.29, 0.717) is 23.1 Å². The molecule has 0 bridgehead atoms. The van der Waals surface area contributed by atoms with E-state index in [2.05, 4.69) is 10.3 Å². The molecule has 1 amide bonds. The number of halogens is 1. The number of benzene rings is 4. The third-order valence-corrected chi connectivity index (χ3v) is 5.64. The van der Waals surface area contributed by atoms with Crippen LogP contribution in [0.1, 0.15) is 18.1 Å². The van der Waals surface area contributed by atoms with E-state index in [1.165, 1.54) is 0 Å². The highest BCUT2D eigenvalue weighted by Crippen LogP contribution is 2.28. The zero-order valence-electron chi connectivity index (χ0n) is 19.0. The first kappa shape index (κ1) is 23.3. The van der Waals surface area contributed by atoms with Crippen LogP contribution in [0.2, 0.25) is 5.02 Å². The Bertz CT molecular complexity index is 1330. The van der Waals surface area contributed by atoms with Crippen LogP contribution in [0.4, 0.5) is 11.4 Å². The van der Waals surface area contributed by atoms with Crippen LogP contribution < -0.4 is 14.8 Å². The number of carbonyl (C=O) groups excluding carboxylic acids is 1. The topological polar surface area (TPSA) is 59.9 Å². The molecule has 5 nitrogen and oxygen atoms in total. The van der Waals surface area contributed by atoms with Crippen molar-refractivity contribution in [2.45, 2.75) is 13.8 Å². The third kappa shape index (κ3) is 5.74. The second-order valence-corrected chi connectivity index (χ2v) is 8.09. The van der Waals surface area contributed by atoms with E-state index in [0.717, 1.165) is 33.3 Å². The second kappa shape index (κ2) is 10.9. The summed E-state index contributed by atoms with van der Waals surface area (Å²) in [5, 5.41) is 5.46. The van der Waals surface area contributed by atoms with Gasteiger partial charge in [-0.2, -0.15) is 0 Å². The lowest BCUT2D eigenvalue weighted by Gasteiger charge is -2.12. The van der Waals surface area contributed by atoms with Gasteiger partial charge in [-0.1, -0.05) is 48.0 Å². The van der Waals surface area contributed by atoms with Crippen LogP contribution >= 0.6 is 11.6 Å². The maximum absolute atomic E-state index is 12.5. The second-order valence-electron chi connectivity index (χ2n) is 7.68. The zero-order chi connectivity index (χ0) is 23.9. The van der Waals surface area contributed by atoms with Gasteiger partial charge in [0.25, 0.3) is 5.91 Å². The zero-order valence-corrected chi connectivity index (χ0v) is 19.8. The van der Waals surface area contributed by atoms with E-state index in [-0.39, 0.29) is 12.5 Å². The van der Waals surface area contributed by atoms with Gasteiger partial charge in [0.15, 0.2) is 6.61 Å². The Morgan fingerprint density at radius 2 is 1.79 bits per heavy atom. The molecule has 1 N–H and O–H groups in total. The van der Waals surface area contributed by atoms with Gasteiger partial charge in [0.1, 0.15) is 11.5 Å². The summed E-state index contributed by atoms with van der Waals surface area (Å²) in [7, 11) is 0. The number of anilines is 1. The maximum Gasteiger partial charge on any atom is 0.262 e. The fraction of sp³-hybridized carbons (Fsp3) is 0.143. The van der Waals surface area contributed by atoms with E-state index in [4.69, 9.17) is 21.1 Å². The van der Waals surface area contributed by atoms with Crippen molar-refractivity contribution in [3.63, 3.8) is 0 Å². The highest BCUT2D eigenvalue weighted by Gasteiger charge is 2.10. The smallest absolute Gasteiger partial charge is 0.262 e. The van der Waals surface area contributed by atoms with Gasteiger partial charge in [-0.25, -0.2) is 0 Å². The van der Waals surface area contributed by atoms with Gasteiger partial charge in [-0.15, -0.1) is 0 Å². The number of hydrogen-bond donors (Lipinski definition) is 1. The van der Waals surface area contributed by atoms with Crippen molar-refractivity contribution in [2.24, 2.45) is 4.99 Å². The average Bonchev–Trinajstić information content (AvgIpc) is 2.85. The molecule has 0 spiro atoms. The molecular formula is C28H25ClN2O3. The summed E-state index contributed by atoms with van der Waals surface area (Å²) in [4.78, 5) is 17.1. The van der Waals surface area contributed by atoms with Crippen LogP contribution in [0.25, 0.3) is 10.8 Å². The summed E-state index contributed by atoms with van der Waals surface area (Å²) in [6.45, 7) is 4.33. The van der Waals surface area contributed by atoms with E-state index < -0.39 is 0 Å². The van der Waals surface area contributed by atoms with Crippen molar-refractivity contribution in [1.29, 1.82) is 0 Å². The normalized spacial score (nSPS) is 11.0. The minimum absolute atomic E-state index is 0.145. The Kier molecular flexibility index (Phi) is 7.45. The Morgan fingerprint density at radius 1 is 1.00 bits per heavy atom. The third-order valence-electron chi connectivity index (χ3n) is 5.24. The summed E-state index contributed by atoms with van der Waals surface area (Å²) in [5.41, 5.74) is 3.16. The van der Waals surface area contributed by atoms with Crippen LogP contribution in [0, 0.1) is 6.92 Å². The van der Waals surface area contributed by atoms with Crippen LogP contribution in [0.15, 0.2) is 83.9 Å². The van der Waals surface area contributed by atoms with Crippen molar-refractivity contribution in [3.8, 4) is 11.5 Å². The predicted octanol–water partition coefficient (Wildman–Crippen LogP) is 6.97. The molecule has 0 fully saturated rings. The first-order chi connectivity index (χ1) is 16.5. The maximum atomic E-state index is 12.5. The molecule has 4 aromatic carbocycles. The summed E-state index contributed by atoms with van der Waals surface area (Å²) in [6, 6.07) is 24.8. The molecule has 0 aliphatic rings. The fourth-order valence-corrected chi connectivity index (χ4v) is 3.66. The summed E-state index contributed by atoms with van der Waals surface area (Å²) < 4.78 is 11.4. The summed E-state index contributed by atoms with van der Waals surface area (Å²) >= 11 is 6.15. The predicted molar refractivity (Wildman–Crippen MR) is 139 cm³/mol. The Labute approximate surface area is 204 Å². The van der Waals surface area contributed by atoms with E-state index >= 15 is 0 Å². The van der Waals surface area contributed by atoms with E-state index in [1.54, 1.807) is 12.3 Å². The standard InChI is InChI=1S/C28H25ClN2O3/c1-3-33-23-13-11-21(12-14-23)30-17-25-24-7-5-4-6-20(24)9-15-27(25)34-18-28(32)31-22-10-8-19(2)26(29)16-22/h4-17H,3,18H2,1-2H3,(H,31,32). The lowest BCUT2D eigenvalue weighted by atomic mass is 10.0. The van der Waals surface area contributed by atoms with Gasteiger partial charge >= 0.3 is 0 Å². The molecular weight excluding hydrogens is 448 g/mol. The van der Waals surface area contributed by atoms with E-state index in [1.807, 2.05) is 86.6 Å². The molecule has 4 aromatic rings. The summed E-state index contributed by atoms with van der Waals surface area (Å²) in [6.07, 6.45) is 1.77. The minimum atomic E-state index is -0.275. The van der Waals surface area contributed by atoms with Crippen molar-refractivity contribution < 1.29 is 14.3 Å². The fourth-order valence-electron chi connectivity index (χ4n) is 3.48. The molecule has 0 aromatic heterocycles. The molecule has 6 heteroatoms. The number of nitrogens with zero attached hydrogens (tertiary/aromatic N) is 1. The van der Waals surface area contributed by atoms with Crippen LogP contribution in [0.5, 0.6) is 11.5 Å². The number of nitrogens with one attached hydrogen (secondary N) is 1. The molecule has 34 heavy (non-hydrogen) atoms. The highest BCUT2D eigenvalue weighted by atomic mass is 35.5. The molecule has 0 atom stereocenters. The number of fused-ring (bicyclic) bond motifs is 1. The molecule has 172 valence electrons. The monoisotopic (exact) mass is 472 g/mol. The molecule has 0 saturated carbocycles. The Morgan fingerprint density at radius 3 is 2.56 bits per heavy atom. The molecule has 0 unspecified atom stereocenters. The SMILES string of the molecule is CCOc1ccc(N=Cc2c(OCC(=O)Nc3ccc(C)c(Cl)c3)ccc3ccccc23)cc1. The van der Waals surface area contributed by atoms with Crippen molar-refractivity contribution in [1.82, 2.24) is 0 Å². The van der Waals surface area contributed by atoms with Gasteiger partial charge in [0, 0.05) is 22.5 Å². The van der Waals surface area contributed by atoms with Gasteiger partial charge < -0.3 is 14.8 Å². The van der Waals surface area contributed by atoms with Crippen LogP contribution in [-0.2, 0) is 4.79 Å². The van der Waals surface area contributed by atoms with E-state index in [9.17, 15) is 4.79 Å². The Hall–Kier alpha value is -3.83. The number of ether oxygens (including phenoxy) is 2. The quantitative estimate of drug-likeness (QED) is 0.282. The molecule has 0 saturated heterocycles. The van der Waals surface area contributed by atoms with Crippen molar-refractivity contribution >= 4 is 45.9 Å². The number of hydrogen-bond acceptors (Lipinski definition) is 4. The molecule has 0 aliphatic heterocycles. The first-order valence-electron chi connectivity index (χ1n) is 11.0. The number of aryl methyl sites for hydroxylation is 1. The van der Waals surface area contributed by atoms with Crippen molar-refractivity contribution in [3.05, 3.63) is 95.0 Å². The molecule has 4 rings (SSSR count). The van der Waals surface area contributed by atoms with Crippen molar-refractivity contribution in [2.75, 3.05) is 18.5 Å². The van der Waals surface area contributed by atoms with Crippen LogP contribution in [0.3, 0.4) is 0 Å². The average molecular weight is 473 g/mol. The number of amides is 1. The number of rotatable bonds is 8. The highest BCUT2D eigenvalue weighted by molar-refractivity contribution is 6.31. The van der Waals surface area contributed by atoms with Gasteiger partial charge in [0.05, 0.1) is 12.3 Å². The summed E-state index contributed by atoms with van der Waals surface area (Å²) in [5.74, 6) is 1.10. The molecule has 0 aliphatic carbocycles.